The first-order chi connectivity index (χ1) is 7.41. The first-order valence-electron chi connectivity index (χ1n) is 4.53. The van der Waals surface area contributed by atoms with E-state index in [1.807, 2.05) is 5.32 Å². The van der Waals surface area contributed by atoms with Crippen molar-refractivity contribution < 1.29 is 23.1 Å². The number of carbonyl (C=O) groups is 1. The Morgan fingerprint density at radius 3 is 2.50 bits per heavy atom. The average molecular weight is 233 g/mol. The van der Waals surface area contributed by atoms with E-state index in [9.17, 15) is 18.0 Å². The van der Waals surface area contributed by atoms with E-state index in [4.69, 9.17) is 5.11 Å². The van der Waals surface area contributed by atoms with Crippen LogP contribution in [0.4, 0.5) is 18.0 Å². The topological polar surface area (TPSA) is 49.3 Å². The Labute approximate surface area is 89.9 Å². The van der Waals surface area contributed by atoms with Crippen LogP contribution in [0.2, 0.25) is 0 Å². The summed E-state index contributed by atoms with van der Waals surface area (Å²) in [4.78, 5) is 10.1. The molecule has 0 fully saturated rings. The number of hydrogen-bond donors (Lipinski definition) is 2. The van der Waals surface area contributed by atoms with Crippen LogP contribution in [0.15, 0.2) is 24.3 Å². The summed E-state index contributed by atoms with van der Waals surface area (Å²) in [6.45, 7) is -0.0393. The molecule has 0 bridgehead atoms. The minimum Gasteiger partial charge on any atom is -0.465 e. The SMILES string of the molecule is O=C(O)NCCc1ccccc1C(F)(F)F. The van der Waals surface area contributed by atoms with Gasteiger partial charge in [0.2, 0.25) is 0 Å². The molecule has 6 heteroatoms. The largest absolute Gasteiger partial charge is 0.465 e. The van der Waals surface area contributed by atoms with Gasteiger partial charge >= 0.3 is 12.3 Å². The predicted octanol–water partition coefficient (Wildman–Crippen LogP) is 2.52. The third-order valence-corrected chi connectivity index (χ3v) is 1.99. The molecular weight excluding hydrogens is 223 g/mol. The summed E-state index contributed by atoms with van der Waals surface area (Å²) >= 11 is 0. The fourth-order valence-electron chi connectivity index (χ4n) is 1.32. The highest BCUT2D eigenvalue weighted by molar-refractivity contribution is 5.64. The van der Waals surface area contributed by atoms with E-state index < -0.39 is 17.8 Å². The van der Waals surface area contributed by atoms with Crippen molar-refractivity contribution in [2.24, 2.45) is 0 Å². The van der Waals surface area contributed by atoms with Crippen molar-refractivity contribution in [1.29, 1.82) is 0 Å². The molecule has 0 radical (unpaired) electrons. The molecule has 1 aromatic rings. The molecule has 3 nitrogen and oxygen atoms in total. The van der Waals surface area contributed by atoms with Gasteiger partial charge in [-0.15, -0.1) is 0 Å². The Balaban J connectivity index is 2.76. The molecule has 88 valence electrons. The zero-order valence-corrected chi connectivity index (χ0v) is 8.21. The van der Waals surface area contributed by atoms with Gasteiger partial charge in [0, 0.05) is 6.54 Å². The lowest BCUT2D eigenvalue weighted by molar-refractivity contribution is -0.138. The molecule has 2 N–H and O–H groups in total. The van der Waals surface area contributed by atoms with Crippen molar-refractivity contribution in [3.63, 3.8) is 0 Å². The van der Waals surface area contributed by atoms with Gasteiger partial charge in [-0.05, 0) is 18.1 Å². The molecule has 0 saturated heterocycles. The molecule has 0 aliphatic carbocycles. The second-order valence-electron chi connectivity index (χ2n) is 3.14. The summed E-state index contributed by atoms with van der Waals surface area (Å²) in [5, 5.41) is 10.3. The van der Waals surface area contributed by atoms with Gasteiger partial charge in [-0.3, -0.25) is 0 Å². The quantitative estimate of drug-likeness (QED) is 0.842. The molecule has 16 heavy (non-hydrogen) atoms. The lowest BCUT2D eigenvalue weighted by Crippen LogP contribution is -2.24. The number of halogens is 3. The Morgan fingerprint density at radius 2 is 1.94 bits per heavy atom. The molecule has 0 spiro atoms. The number of amides is 1. The highest BCUT2D eigenvalue weighted by atomic mass is 19.4. The fraction of sp³-hybridized carbons (Fsp3) is 0.300. The third-order valence-electron chi connectivity index (χ3n) is 1.99. The van der Waals surface area contributed by atoms with Crippen molar-refractivity contribution >= 4 is 6.09 Å². The highest BCUT2D eigenvalue weighted by Crippen LogP contribution is 2.31. The number of alkyl halides is 3. The van der Waals surface area contributed by atoms with E-state index in [-0.39, 0.29) is 18.5 Å². The summed E-state index contributed by atoms with van der Waals surface area (Å²) in [6, 6.07) is 5.12. The van der Waals surface area contributed by atoms with Crippen LogP contribution in [-0.2, 0) is 12.6 Å². The van der Waals surface area contributed by atoms with E-state index in [0.29, 0.717) is 0 Å². The molecule has 0 saturated carbocycles. The summed E-state index contributed by atoms with van der Waals surface area (Å²) in [7, 11) is 0. The minimum atomic E-state index is -4.40. The van der Waals surface area contributed by atoms with Crippen LogP contribution in [-0.4, -0.2) is 17.7 Å². The van der Waals surface area contributed by atoms with Crippen LogP contribution in [0, 0.1) is 0 Å². The molecule has 1 aromatic carbocycles. The minimum absolute atomic E-state index is 0.0159. The van der Waals surface area contributed by atoms with E-state index >= 15 is 0 Å². The van der Waals surface area contributed by atoms with Crippen LogP contribution < -0.4 is 5.32 Å². The van der Waals surface area contributed by atoms with Gasteiger partial charge < -0.3 is 10.4 Å². The highest BCUT2D eigenvalue weighted by Gasteiger charge is 2.32. The lowest BCUT2D eigenvalue weighted by atomic mass is 10.0. The van der Waals surface area contributed by atoms with E-state index in [0.717, 1.165) is 6.07 Å². The molecule has 1 amide bonds. The standard InChI is InChI=1S/C10H10F3NO2/c11-10(12,13)8-4-2-1-3-7(8)5-6-14-9(15)16/h1-4,14H,5-6H2,(H,15,16). The van der Waals surface area contributed by atoms with E-state index in [2.05, 4.69) is 0 Å². The van der Waals surface area contributed by atoms with Crippen molar-refractivity contribution in [3.05, 3.63) is 35.4 Å². The van der Waals surface area contributed by atoms with E-state index in [1.54, 1.807) is 0 Å². The molecule has 0 aliphatic rings. The second-order valence-corrected chi connectivity index (χ2v) is 3.14. The van der Waals surface area contributed by atoms with Crippen molar-refractivity contribution in [1.82, 2.24) is 5.32 Å². The smallest absolute Gasteiger partial charge is 0.416 e. The maximum absolute atomic E-state index is 12.5. The van der Waals surface area contributed by atoms with Gasteiger partial charge in [0.15, 0.2) is 0 Å². The molecule has 0 heterocycles. The van der Waals surface area contributed by atoms with Gasteiger partial charge in [0.25, 0.3) is 0 Å². The number of nitrogens with one attached hydrogen (secondary N) is 1. The van der Waals surface area contributed by atoms with Crippen LogP contribution in [0.3, 0.4) is 0 Å². The molecule has 1 rings (SSSR count). The number of carboxylic acid groups (broad SMARTS) is 1. The first-order valence-corrected chi connectivity index (χ1v) is 4.53. The van der Waals surface area contributed by atoms with Gasteiger partial charge in [-0.25, -0.2) is 4.79 Å². The Bertz CT molecular complexity index is 377. The first kappa shape index (κ1) is 12.4. The molecule has 0 atom stereocenters. The normalized spacial score (nSPS) is 11.2. The molecule has 0 aliphatic heterocycles. The van der Waals surface area contributed by atoms with Crippen LogP contribution >= 0.6 is 0 Å². The van der Waals surface area contributed by atoms with Crippen molar-refractivity contribution in [2.75, 3.05) is 6.54 Å². The van der Waals surface area contributed by atoms with Crippen LogP contribution in [0.1, 0.15) is 11.1 Å². The monoisotopic (exact) mass is 233 g/mol. The summed E-state index contributed by atoms with van der Waals surface area (Å²) in [5.41, 5.74) is -0.633. The van der Waals surface area contributed by atoms with E-state index in [1.165, 1.54) is 18.2 Å². The van der Waals surface area contributed by atoms with Crippen molar-refractivity contribution in [2.45, 2.75) is 12.6 Å². The third kappa shape index (κ3) is 3.45. The summed E-state index contributed by atoms with van der Waals surface area (Å²) in [5.74, 6) is 0. The van der Waals surface area contributed by atoms with Crippen LogP contribution in [0.25, 0.3) is 0 Å². The Morgan fingerprint density at radius 1 is 1.31 bits per heavy atom. The zero-order chi connectivity index (χ0) is 12.2. The summed E-state index contributed by atoms with van der Waals surface area (Å²) in [6.07, 6.45) is -5.63. The number of rotatable bonds is 3. The molecule has 0 aromatic heterocycles. The number of benzene rings is 1. The molecule has 0 unspecified atom stereocenters. The second kappa shape index (κ2) is 4.87. The van der Waals surface area contributed by atoms with Gasteiger partial charge in [0.1, 0.15) is 0 Å². The Kier molecular flexibility index (Phi) is 3.76. The average Bonchev–Trinajstić information content (AvgIpc) is 2.16. The maximum Gasteiger partial charge on any atom is 0.416 e. The van der Waals surface area contributed by atoms with Gasteiger partial charge in [-0.2, -0.15) is 13.2 Å². The number of hydrogen-bond acceptors (Lipinski definition) is 1. The molecular formula is C10H10F3NO2. The van der Waals surface area contributed by atoms with Crippen LogP contribution in [0.5, 0.6) is 0 Å². The lowest BCUT2D eigenvalue weighted by Gasteiger charge is -2.12. The van der Waals surface area contributed by atoms with Crippen molar-refractivity contribution in [3.8, 4) is 0 Å². The Hall–Kier alpha value is -1.72. The summed E-state index contributed by atoms with van der Waals surface area (Å²) < 4.78 is 37.5. The zero-order valence-electron chi connectivity index (χ0n) is 8.21. The predicted molar refractivity (Wildman–Crippen MR) is 51.2 cm³/mol. The fourth-order valence-corrected chi connectivity index (χ4v) is 1.32. The van der Waals surface area contributed by atoms with Gasteiger partial charge in [0.05, 0.1) is 5.56 Å². The maximum atomic E-state index is 12.5. The van der Waals surface area contributed by atoms with Gasteiger partial charge in [-0.1, -0.05) is 18.2 Å².